The van der Waals surface area contributed by atoms with Crippen molar-refractivity contribution in [2.75, 3.05) is 6.54 Å². The molecular formula is C12H19F3N2O3. The predicted octanol–water partition coefficient (Wildman–Crippen LogP) is 2.22. The van der Waals surface area contributed by atoms with Crippen LogP contribution in [0.25, 0.3) is 0 Å². The molecule has 5 nitrogen and oxygen atoms in total. The third kappa shape index (κ3) is 2.99. The summed E-state index contributed by atoms with van der Waals surface area (Å²) in [6.07, 6.45) is -3.49. The van der Waals surface area contributed by atoms with E-state index in [1.807, 2.05) is 6.92 Å². The molecule has 1 aliphatic heterocycles. The number of hydrogen-bond acceptors (Lipinski definition) is 2. The van der Waals surface area contributed by atoms with E-state index in [0.717, 1.165) is 6.42 Å². The number of likely N-dealkylation sites (tertiary alicyclic amines) is 1. The van der Waals surface area contributed by atoms with E-state index in [9.17, 15) is 22.8 Å². The number of carboxylic acid groups (broad SMARTS) is 1. The highest BCUT2D eigenvalue weighted by Crippen LogP contribution is 2.31. The van der Waals surface area contributed by atoms with Gasteiger partial charge in [0.1, 0.15) is 0 Å². The maximum atomic E-state index is 12.8. The second kappa shape index (κ2) is 5.49. The number of carbonyl (C=O) groups excluding carboxylic acids is 1. The van der Waals surface area contributed by atoms with Gasteiger partial charge in [-0.1, -0.05) is 6.92 Å². The Labute approximate surface area is 115 Å². The Morgan fingerprint density at radius 1 is 1.30 bits per heavy atom. The van der Waals surface area contributed by atoms with Crippen LogP contribution in [0.3, 0.4) is 0 Å². The lowest BCUT2D eigenvalue weighted by Crippen LogP contribution is -2.65. The summed E-state index contributed by atoms with van der Waals surface area (Å²) >= 11 is 0. The van der Waals surface area contributed by atoms with Crippen LogP contribution < -0.4 is 5.32 Å². The smallest absolute Gasteiger partial charge is 0.422 e. The third-order valence-electron chi connectivity index (χ3n) is 3.99. The lowest BCUT2D eigenvalue weighted by Gasteiger charge is -2.40. The summed E-state index contributed by atoms with van der Waals surface area (Å²) in [5.74, 6) is -1.97. The number of hydrogen-bond donors (Lipinski definition) is 2. The molecule has 0 bridgehead atoms. The van der Waals surface area contributed by atoms with Gasteiger partial charge in [-0.3, -0.25) is 0 Å². The van der Waals surface area contributed by atoms with Crippen LogP contribution in [0.5, 0.6) is 0 Å². The highest BCUT2D eigenvalue weighted by molar-refractivity contribution is 5.87. The minimum absolute atomic E-state index is 0.163. The van der Waals surface area contributed by atoms with Gasteiger partial charge >= 0.3 is 18.2 Å². The molecular weight excluding hydrogens is 277 g/mol. The standard InChI is InChI=1S/C12H19F3N2O3/c1-7-5-4-6-17(8(7)2)10(20)16-11(3,9(18)19)12(13,14)15/h7-8H,4-6H2,1-3H3,(H,16,20)(H,18,19). The number of halogens is 3. The summed E-state index contributed by atoms with van der Waals surface area (Å²) < 4.78 is 38.5. The molecule has 8 heteroatoms. The molecule has 116 valence electrons. The molecule has 1 aliphatic rings. The van der Waals surface area contributed by atoms with Gasteiger partial charge in [0, 0.05) is 12.6 Å². The van der Waals surface area contributed by atoms with Crippen LogP contribution in [0.15, 0.2) is 0 Å². The first-order chi connectivity index (χ1) is 9.00. The van der Waals surface area contributed by atoms with E-state index >= 15 is 0 Å². The Morgan fingerprint density at radius 3 is 2.30 bits per heavy atom. The molecule has 1 saturated heterocycles. The lowest BCUT2D eigenvalue weighted by molar-refractivity contribution is -0.203. The zero-order chi connectivity index (χ0) is 15.7. The van der Waals surface area contributed by atoms with Crippen molar-refractivity contribution in [1.29, 1.82) is 0 Å². The van der Waals surface area contributed by atoms with Crippen molar-refractivity contribution in [1.82, 2.24) is 10.2 Å². The number of piperidine rings is 1. The summed E-state index contributed by atoms with van der Waals surface area (Å²) in [5, 5.41) is 10.4. The number of nitrogens with zero attached hydrogens (tertiary/aromatic N) is 1. The van der Waals surface area contributed by atoms with E-state index in [1.54, 1.807) is 12.2 Å². The summed E-state index contributed by atoms with van der Waals surface area (Å²) in [5.41, 5.74) is -3.29. The zero-order valence-corrected chi connectivity index (χ0v) is 11.6. The normalized spacial score (nSPS) is 26.8. The molecule has 0 aromatic carbocycles. The van der Waals surface area contributed by atoms with Crippen LogP contribution in [0.4, 0.5) is 18.0 Å². The monoisotopic (exact) mass is 296 g/mol. The van der Waals surface area contributed by atoms with Gasteiger partial charge in [0.2, 0.25) is 5.54 Å². The van der Waals surface area contributed by atoms with E-state index in [2.05, 4.69) is 0 Å². The van der Waals surface area contributed by atoms with Crippen LogP contribution >= 0.6 is 0 Å². The summed E-state index contributed by atoms with van der Waals surface area (Å²) in [6, 6.07) is -1.22. The largest absolute Gasteiger partial charge is 0.479 e. The van der Waals surface area contributed by atoms with Crippen LogP contribution in [-0.4, -0.2) is 46.3 Å². The van der Waals surface area contributed by atoms with Crippen LogP contribution in [-0.2, 0) is 4.79 Å². The van der Waals surface area contributed by atoms with E-state index in [1.165, 1.54) is 4.90 Å². The maximum Gasteiger partial charge on any atom is 0.422 e. The average molecular weight is 296 g/mol. The summed E-state index contributed by atoms with van der Waals surface area (Å²) in [7, 11) is 0. The number of nitrogens with one attached hydrogen (secondary N) is 1. The molecule has 0 spiro atoms. The number of urea groups is 1. The van der Waals surface area contributed by atoms with Crippen molar-refractivity contribution in [2.24, 2.45) is 5.92 Å². The van der Waals surface area contributed by atoms with Gasteiger partial charge in [-0.15, -0.1) is 0 Å². The molecule has 1 heterocycles. The van der Waals surface area contributed by atoms with Crippen molar-refractivity contribution in [3.05, 3.63) is 0 Å². The van der Waals surface area contributed by atoms with Gasteiger partial charge in [-0.05, 0) is 32.6 Å². The average Bonchev–Trinajstić information content (AvgIpc) is 2.30. The number of rotatable bonds is 2. The maximum absolute atomic E-state index is 12.8. The number of aliphatic carboxylic acids is 1. The van der Waals surface area contributed by atoms with E-state index in [-0.39, 0.29) is 12.0 Å². The van der Waals surface area contributed by atoms with Crippen molar-refractivity contribution in [3.8, 4) is 0 Å². The molecule has 0 aromatic rings. The summed E-state index contributed by atoms with van der Waals surface area (Å²) in [6.45, 7) is 4.43. The fourth-order valence-corrected chi connectivity index (χ4v) is 2.15. The molecule has 0 aliphatic carbocycles. The Balaban J connectivity index is 2.90. The SMILES string of the molecule is CC1CCCN(C(=O)NC(C)(C(=O)O)C(F)(F)F)C1C. The van der Waals surface area contributed by atoms with Gasteiger partial charge in [0.25, 0.3) is 0 Å². The fraction of sp³-hybridized carbons (Fsp3) is 0.833. The third-order valence-corrected chi connectivity index (χ3v) is 3.99. The molecule has 2 N–H and O–H groups in total. The van der Waals surface area contributed by atoms with Crippen molar-refractivity contribution in [2.45, 2.75) is 51.4 Å². The predicted molar refractivity (Wildman–Crippen MR) is 65.2 cm³/mol. The Kier molecular flexibility index (Phi) is 4.55. The van der Waals surface area contributed by atoms with Crippen molar-refractivity contribution in [3.63, 3.8) is 0 Å². The highest BCUT2D eigenvalue weighted by Gasteiger charge is 2.59. The molecule has 2 amide bonds. The Hall–Kier alpha value is -1.47. The van der Waals surface area contributed by atoms with Gasteiger partial charge in [0.15, 0.2) is 0 Å². The molecule has 0 radical (unpaired) electrons. The summed E-state index contributed by atoms with van der Waals surface area (Å²) in [4.78, 5) is 24.1. The molecule has 1 fully saturated rings. The highest BCUT2D eigenvalue weighted by atomic mass is 19.4. The van der Waals surface area contributed by atoms with E-state index in [0.29, 0.717) is 19.9 Å². The number of carboxylic acids is 1. The molecule has 20 heavy (non-hydrogen) atoms. The van der Waals surface area contributed by atoms with Crippen LogP contribution in [0.2, 0.25) is 0 Å². The van der Waals surface area contributed by atoms with E-state index in [4.69, 9.17) is 5.11 Å². The number of amides is 2. The second-order valence-electron chi connectivity index (χ2n) is 5.41. The molecule has 0 aromatic heterocycles. The second-order valence-corrected chi connectivity index (χ2v) is 5.41. The first-order valence-electron chi connectivity index (χ1n) is 6.39. The van der Waals surface area contributed by atoms with Gasteiger partial charge in [-0.2, -0.15) is 13.2 Å². The Morgan fingerprint density at radius 2 is 1.85 bits per heavy atom. The first-order valence-corrected chi connectivity index (χ1v) is 6.39. The van der Waals surface area contributed by atoms with Gasteiger partial charge in [0.05, 0.1) is 0 Å². The number of alkyl halides is 3. The lowest BCUT2D eigenvalue weighted by atomic mass is 9.92. The van der Waals surface area contributed by atoms with Gasteiger partial charge in [-0.25, -0.2) is 9.59 Å². The minimum Gasteiger partial charge on any atom is -0.479 e. The first kappa shape index (κ1) is 16.6. The topological polar surface area (TPSA) is 69.6 Å². The molecule has 3 unspecified atom stereocenters. The number of carbonyl (C=O) groups is 2. The molecule has 3 atom stereocenters. The fourth-order valence-electron chi connectivity index (χ4n) is 2.15. The van der Waals surface area contributed by atoms with E-state index < -0.39 is 23.7 Å². The Bertz CT molecular complexity index is 400. The zero-order valence-electron chi connectivity index (χ0n) is 11.6. The van der Waals surface area contributed by atoms with Crippen molar-refractivity contribution >= 4 is 12.0 Å². The molecule has 0 saturated carbocycles. The molecule has 1 rings (SSSR count). The van der Waals surface area contributed by atoms with Gasteiger partial charge < -0.3 is 15.3 Å². The quantitative estimate of drug-likeness (QED) is 0.821. The van der Waals surface area contributed by atoms with Crippen LogP contribution in [0.1, 0.15) is 33.6 Å². The van der Waals surface area contributed by atoms with Crippen LogP contribution in [0, 0.1) is 5.92 Å². The van der Waals surface area contributed by atoms with Crippen molar-refractivity contribution < 1.29 is 27.9 Å². The minimum atomic E-state index is -5.07.